The molecule has 9 nitrogen and oxygen atoms in total. The largest absolute Gasteiger partial charge is 0.493 e. The number of piperazine rings is 1. The van der Waals surface area contributed by atoms with E-state index in [1.54, 1.807) is 26.2 Å². The second kappa shape index (κ2) is 8.43. The molecule has 0 aliphatic carbocycles. The van der Waals surface area contributed by atoms with Gasteiger partial charge in [0, 0.05) is 50.1 Å². The molecule has 1 aliphatic heterocycles. The summed E-state index contributed by atoms with van der Waals surface area (Å²) in [5, 5.41) is 3.24. The molecule has 1 saturated heterocycles. The predicted octanol–water partition coefficient (Wildman–Crippen LogP) is 1.52. The number of carbonyl (C=O) groups excluding carboxylic acids is 1. The third kappa shape index (κ3) is 4.13. The number of amides is 1. The number of benzene rings is 1. The van der Waals surface area contributed by atoms with E-state index in [4.69, 9.17) is 14.2 Å². The van der Waals surface area contributed by atoms with Gasteiger partial charge in [0.2, 0.25) is 12.2 Å². The van der Waals surface area contributed by atoms with Gasteiger partial charge in [0.05, 0.1) is 21.3 Å². The van der Waals surface area contributed by atoms with Crippen molar-refractivity contribution in [3.8, 4) is 17.2 Å². The lowest BCUT2D eigenvalue weighted by molar-refractivity contribution is -0.118. The number of nitrogens with one attached hydrogen (secondary N) is 1. The summed E-state index contributed by atoms with van der Waals surface area (Å²) in [5.74, 6) is 3.09. The zero-order valence-electron chi connectivity index (χ0n) is 15.6. The first-order valence-electron chi connectivity index (χ1n) is 8.52. The summed E-state index contributed by atoms with van der Waals surface area (Å²) in [7, 11) is 4.71. The van der Waals surface area contributed by atoms with E-state index < -0.39 is 0 Å². The van der Waals surface area contributed by atoms with E-state index in [0.29, 0.717) is 36.2 Å². The van der Waals surface area contributed by atoms with Crippen molar-refractivity contribution in [1.82, 2.24) is 14.9 Å². The fourth-order valence-electron chi connectivity index (χ4n) is 2.95. The maximum Gasteiger partial charge on any atom is 0.209 e. The minimum atomic E-state index is 0.530. The lowest BCUT2D eigenvalue weighted by atomic mass is 10.2. The molecule has 3 rings (SSSR count). The molecule has 1 N–H and O–H groups in total. The van der Waals surface area contributed by atoms with E-state index in [9.17, 15) is 4.79 Å². The lowest BCUT2D eigenvalue weighted by Crippen LogP contribution is -2.46. The molecule has 1 aromatic carbocycles. The van der Waals surface area contributed by atoms with Crippen molar-refractivity contribution < 1.29 is 19.0 Å². The Morgan fingerprint density at radius 3 is 2.19 bits per heavy atom. The number of nitrogens with zero attached hydrogens (tertiary/aromatic N) is 4. The Labute approximate surface area is 157 Å². The minimum absolute atomic E-state index is 0.530. The second-order valence-corrected chi connectivity index (χ2v) is 5.93. The van der Waals surface area contributed by atoms with Gasteiger partial charge in [-0.1, -0.05) is 0 Å². The molecule has 0 unspecified atom stereocenters. The van der Waals surface area contributed by atoms with Gasteiger partial charge < -0.3 is 29.3 Å². The first-order chi connectivity index (χ1) is 13.2. The molecule has 144 valence electrons. The van der Waals surface area contributed by atoms with Crippen LogP contribution in [-0.2, 0) is 4.79 Å². The van der Waals surface area contributed by atoms with Gasteiger partial charge in [-0.25, -0.2) is 9.97 Å². The van der Waals surface area contributed by atoms with Gasteiger partial charge in [-0.3, -0.25) is 4.79 Å². The normalized spacial score (nSPS) is 13.9. The molecular weight excluding hydrogens is 350 g/mol. The van der Waals surface area contributed by atoms with Crippen LogP contribution in [0.3, 0.4) is 0 Å². The van der Waals surface area contributed by atoms with Crippen molar-refractivity contribution in [2.45, 2.75) is 0 Å². The number of aromatic nitrogens is 2. The molecule has 2 heterocycles. The summed E-state index contributed by atoms with van der Waals surface area (Å²) < 4.78 is 16.1. The second-order valence-electron chi connectivity index (χ2n) is 5.93. The quantitative estimate of drug-likeness (QED) is 0.731. The highest BCUT2D eigenvalue weighted by atomic mass is 16.5. The van der Waals surface area contributed by atoms with Crippen molar-refractivity contribution in [2.75, 3.05) is 57.7 Å². The maximum absolute atomic E-state index is 10.9. The highest BCUT2D eigenvalue weighted by Gasteiger charge is 2.18. The van der Waals surface area contributed by atoms with E-state index in [-0.39, 0.29) is 0 Å². The van der Waals surface area contributed by atoms with Crippen LogP contribution >= 0.6 is 0 Å². The van der Waals surface area contributed by atoms with Crippen LogP contribution in [0.4, 0.5) is 17.3 Å². The molecule has 0 saturated carbocycles. The number of hydrogen-bond donors (Lipinski definition) is 1. The van der Waals surface area contributed by atoms with E-state index >= 15 is 0 Å². The molecule has 0 bridgehead atoms. The smallest absolute Gasteiger partial charge is 0.209 e. The van der Waals surface area contributed by atoms with Crippen molar-refractivity contribution >= 4 is 23.7 Å². The highest BCUT2D eigenvalue weighted by molar-refractivity contribution is 5.67. The number of ether oxygens (including phenoxy) is 3. The number of methoxy groups -OCH3 is 3. The molecule has 0 spiro atoms. The summed E-state index contributed by atoms with van der Waals surface area (Å²) in [6.07, 6.45) is 2.40. The molecule has 1 aliphatic rings. The van der Waals surface area contributed by atoms with Crippen LogP contribution in [0, 0.1) is 0 Å². The Morgan fingerprint density at radius 2 is 1.63 bits per heavy atom. The average molecular weight is 373 g/mol. The summed E-state index contributed by atoms with van der Waals surface area (Å²) in [6, 6.07) is 5.50. The standard InChI is InChI=1S/C18H23N5O4/c1-25-14-8-13(9-15(26-2)18(14)27-3)21-16-10-17(20-11-19-16)23-6-4-22(12-24)5-7-23/h8-12H,4-7H2,1-3H3,(H,19,20,21). The zero-order valence-corrected chi connectivity index (χ0v) is 15.6. The number of hydrogen-bond acceptors (Lipinski definition) is 8. The van der Waals surface area contributed by atoms with Gasteiger partial charge in [-0.2, -0.15) is 0 Å². The summed E-state index contributed by atoms with van der Waals surface area (Å²) in [4.78, 5) is 23.4. The molecule has 2 aromatic rings. The topological polar surface area (TPSA) is 89.1 Å². The Hall–Kier alpha value is -3.23. The van der Waals surface area contributed by atoms with Crippen LogP contribution in [0.1, 0.15) is 0 Å². The molecule has 1 amide bonds. The molecule has 0 radical (unpaired) electrons. The summed E-state index contributed by atoms with van der Waals surface area (Å²) in [6.45, 7) is 2.84. The number of anilines is 3. The average Bonchev–Trinajstić information content (AvgIpc) is 2.73. The highest BCUT2D eigenvalue weighted by Crippen LogP contribution is 2.40. The number of carbonyl (C=O) groups is 1. The Balaban J connectivity index is 1.79. The number of rotatable bonds is 7. The third-order valence-corrected chi connectivity index (χ3v) is 4.38. The van der Waals surface area contributed by atoms with Crippen molar-refractivity contribution in [2.24, 2.45) is 0 Å². The minimum Gasteiger partial charge on any atom is -0.493 e. The van der Waals surface area contributed by atoms with Crippen LogP contribution in [0.5, 0.6) is 17.2 Å². The molecule has 27 heavy (non-hydrogen) atoms. The third-order valence-electron chi connectivity index (χ3n) is 4.38. The van der Waals surface area contributed by atoms with E-state index in [0.717, 1.165) is 31.0 Å². The Kier molecular flexibility index (Phi) is 5.80. The van der Waals surface area contributed by atoms with Gasteiger partial charge in [0.15, 0.2) is 11.5 Å². The Morgan fingerprint density at radius 1 is 0.963 bits per heavy atom. The van der Waals surface area contributed by atoms with E-state index in [1.165, 1.54) is 6.33 Å². The molecule has 1 fully saturated rings. The molecule has 1 aromatic heterocycles. The fourth-order valence-corrected chi connectivity index (χ4v) is 2.95. The van der Waals surface area contributed by atoms with Gasteiger partial charge in [-0.15, -0.1) is 0 Å². The van der Waals surface area contributed by atoms with Crippen molar-refractivity contribution in [3.05, 3.63) is 24.5 Å². The van der Waals surface area contributed by atoms with Crippen LogP contribution in [0.25, 0.3) is 0 Å². The Bertz CT molecular complexity index is 768. The SMILES string of the molecule is COc1cc(Nc2cc(N3CCN(C=O)CC3)ncn2)cc(OC)c1OC. The first-order valence-corrected chi connectivity index (χ1v) is 8.52. The van der Waals surface area contributed by atoms with E-state index in [2.05, 4.69) is 20.2 Å². The van der Waals surface area contributed by atoms with Gasteiger partial charge in [-0.05, 0) is 0 Å². The molecule has 9 heteroatoms. The van der Waals surface area contributed by atoms with Crippen LogP contribution in [-0.4, -0.2) is 68.8 Å². The zero-order chi connectivity index (χ0) is 19.2. The van der Waals surface area contributed by atoms with Crippen LogP contribution < -0.4 is 24.4 Å². The monoisotopic (exact) mass is 373 g/mol. The van der Waals surface area contributed by atoms with Crippen LogP contribution in [0.2, 0.25) is 0 Å². The van der Waals surface area contributed by atoms with Gasteiger partial charge >= 0.3 is 0 Å². The maximum atomic E-state index is 10.9. The molecule has 0 atom stereocenters. The van der Waals surface area contributed by atoms with Gasteiger partial charge in [0.1, 0.15) is 18.0 Å². The molecular formula is C18H23N5O4. The lowest BCUT2D eigenvalue weighted by Gasteiger charge is -2.33. The summed E-state index contributed by atoms with van der Waals surface area (Å²) in [5.41, 5.74) is 0.750. The first kappa shape index (κ1) is 18.6. The fraction of sp³-hybridized carbons (Fsp3) is 0.389. The van der Waals surface area contributed by atoms with Crippen molar-refractivity contribution in [3.63, 3.8) is 0 Å². The van der Waals surface area contributed by atoms with Crippen molar-refractivity contribution in [1.29, 1.82) is 0 Å². The van der Waals surface area contributed by atoms with Crippen LogP contribution in [0.15, 0.2) is 24.5 Å². The predicted molar refractivity (Wildman–Crippen MR) is 101 cm³/mol. The van der Waals surface area contributed by atoms with Gasteiger partial charge in [0.25, 0.3) is 0 Å². The summed E-state index contributed by atoms with van der Waals surface area (Å²) >= 11 is 0. The van der Waals surface area contributed by atoms with E-state index in [1.807, 2.05) is 18.2 Å².